The third-order valence-electron chi connectivity index (χ3n) is 1.89. The highest BCUT2D eigenvalue weighted by Crippen LogP contribution is 2.10. The maximum absolute atomic E-state index is 11.7. The van der Waals surface area contributed by atoms with Crippen molar-refractivity contribution in [2.75, 3.05) is 13.1 Å². The second kappa shape index (κ2) is 6.95. The van der Waals surface area contributed by atoms with E-state index in [1.165, 1.54) is 5.01 Å². The van der Waals surface area contributed by atoms with Crippen LogP contribution in [0.3, 0.4) is 0 Å². The van der Waals surface area contributed by atoms with Gasteiger partial charge in [-0.3, -0.25) is 0 Å². The van der Waals surface area contributed by atoms with E-state index in [0.717, 1.165) is 0 Å². The summed E-state index contributed by atoms with van der Waals surface area (Å²) in [5.74, 6) is 0.252. The normalized spacial score (nSPS) is 11.2. The Hall–Kier alpha value is -1.63. The lowest BCUT2D eigenvalue weighted by Gasteiger charge is -2.19. The Kier molecular flexibility index (Phi) is 5.57. The predicted molar refractivity (Wildman–Crippen MR) is 71.1 cm³/mol. The number of hydrazine groups is 1. The van der Waals surface area contributed by atoms with Gasteiger partial charge in [-0.1, -0.05) is 30.4 Å². The van der Waals surface area contributed by atoms with E-state index < -0.39 is 10.3 Å². The molecular weight excluding hydrogens is 252 g/mol. The van der Waals surface area contributed by atoms with Crippen molar-refractivity contribution in [3.05, 3.63) is 55.6 Å². The molecule has 0 amide bonds. The fourth-order valence-corrected chi connectivity index (χ4v) is 2.11. The number of hydrogen-bond donors (Lipinski definition) is 1. The Balaban J connectivity index is 2.68. The van der Waals surface area contributed by atoms with Gasteiger partial charge in [-0.2, -0.15) is 8.42 Å². The minimum absolute atomic E-state index is 0.252. The van der Waals surface area contributed by atoms with Crippen LogP contribution in [0.4, 0.5) is 0 Å². The summed E-state index contributed by atoms with van der Waals surface area (Å²) in [6.07, 6.45) is 3.16. The van der Waals surface area contributed by atoms with Crippen molar-refractivity contribution in [1.82, 2.24) is 9.84 Å². The highest BCUT2D eigenvalue weighted by atomic mass is 32.2. The molecule has 0 aliphatic heterocycles. The van der Waals surface area contributed by atoms with Gasteiger partial charge >= 0.3 is 10.3 Å². The van der Waals surface area contributed by atoms with Crippen LogP contribution in [0, 0.1) is 0 Å². The van der Waals surface area contributed by atoms with Gasteiger partial charge in [0.2, 0.25) is 0 Å². The van der Waals surface area contributed by atoms with Crippen molar-refractivity contribution in [1.29, 1.82) is 0 Å². The standard InChI is InChI=1S/C12H16N2O3S/c1-3-10-14(11-4-2)13-18(15,16)17-12-8-6-5-7-9-12/h3-9,13H,1-2,10-11H2. The molecule has 1 aromatic carbocycles. The summed E-state index contributed by atoms with van der Waals surface area (Å²) in [5.41, 5.74) is 0. The second-order valence-corrected chi connectivity index (χ2v) is 4.68. The highest BCUT2D eigenvalue weighted by molar-refractivity contribution is 7.85. The Labute approximate surface area is 108 Å². The van der Waals surface area contributed by atoms with E-state index in [4.69, 9.17) is 4.18 Å². The minimum Gasteiger partial charge on any atom is -0.370 e. The van der Waals surface area contributed by atoms with Gasteiger partial charge in [0, 0.05) is 13.1 Å². The van der Waals surface area contributed by atoms with E-state index in [1.807, 2.05) is 0 Å². The number of nitrogens with one attached hydrogen (secondary N) is 1. The Morgan fingerprint density at radius 3 is 2.22 bits per heavy atom. The van der Waals surface area contributed by atoms with Crippen molar-refractivity contribution < 1.29 is 12.6 Å². The van der Waals surface area contributed by atoms with Gasteiger partial charge in [-0.05, 0) is 12.1 Å². The van der Waals surface area contributed by atoms with Crippen LogP contribution in [0.1, 0.15) is 0 Å². The van der Waals surface area contributed by atoms with Gasteiger partial charge < -0.3 is 4.18 Å². The molecule has 0 aromatic heterocycles. The summed E-state index contributed by atoms with van der Waals surface area (Å²) in [6, 6.07) is 8.27. The summed E-state index contributed by atoms with van der Waals surface area (Å²) >= 11 is 0. The lowest BCUT2D eigenvalue weighted by Crippen LogP contribution is -2.44. The Morgan fingerprint density at radius 2 is 1.72 bits per heavy atom. The maximum Gasteiger partial charge on any atom is 0.395 e. The van der Waals surface area contributed by atoms with Gasteiger partial charge in [0.15, 0.2) is 0 Å². The first kappa shape index (κ1) is 14.4. The lowest BCUT2D eigenvalue weighted by atomic mass is 10.3. The first-order valence-corrected chi connectivity index (χ1v) is 6.72. The van der Waals surface area contributed by atoms with Crippen LogP contribution in [0.2, 0.25) is 0 Å². The largest absolute Gasteiger partial charge is 0.395 e. The number of benzene rings is 1. The van der Waals surface area contributed by atoms with E-state index in [9.17, 15) is 8.42 Å². The molecule has 6 heteroatoms. The summed E-state index contributed by atoms with van der Waals surface area (Å²) < 4.78 is 28.3. The molecule has 98 valence electrons. The van der Waals surface area contributed by atoms with Crippen molar-refractivity contribution >= 4 is 10.3 Å². The molecule has 0 spiro atoms. The number of rotatable bonds is 8. The molecule has 0 aliphatic rings. The molecule has 0 atom stereocenters. The quantitative estimate of drug-likeness (QED) is 0.573. The molecule has 0 aliphatic carbocycles. The molecule has 18 heavy (non-hydrogen) atoms. The monoisotopic (exact) mass is 268 g/mol. The fourth-order valence-electron chi connectivity index (χ4n) is 1.24. The van der Waals surface area contributed by atoms with Gasteiger partial charge in [0.1, 0.15) is 5.75 Å². The highest BCUT2D eigenvalue weighted by Gasteiger charge is 2.15. The summed E-state index contributed by atoms with van der Waals surface area (Å²) in [5, 5.41) is 1.41. The fraction of sp³-hybridized carbons (Fsp3) is 0.167. The van der Waals surface area contributed by atoms with Gasteiger partial charge in [0.25, 0.3) is 0 Å². The number of nitrogens with zero attached hydrogens (tertiary/aromatic N) is 1. The zero-order chi connectivity index (χ0) is 13.4. The molecule has 1 aromatic rings. The molecule has 0 bridgehead atoms. The van der Waals surface area contributed by atoms with E-state index in [2.05, 4.69) is 18.0 Å². The first-order valence-electron chi connectivity index (χ1n) is 5.31. The Morgan fingerprint density at radius 1 is 1.17 bits per heavy atom. The third-order valence-corrected chi connectivity index (χ3v) is 2.78. The molecule has 0 fully saturated rings. The van der Waals surface area contributed by atoms with Gasteiger partial charge in [-0.15, -0.1) is 18.0 Å². The molecule has 0 radical (unpaired) electrons. The lowest BCUT2D eigenvalue weighted by molar-refractivity contribution is 0.282. The van der Waals surface area contributed by atoms with Crippen LogP contribution in [-0.2, 0) is 10.3 Å². The van der Waals surface area contributed by atoms with Crippen molar-refractivity contribution in [2.24, 2.45) is 0 Å². The molecule has 0 heterocycles. The average molecular weight is 268 g/mol. The summed E-state index contributed by atoms with van der Waals surface area (Å²) in [4.78, 5) is 2.28. The van der Waals surface area contributed by atoms with Gasteiger partial charge in [0.05, 0.1) is 0 Å². The zero-order valence-corrected chi connectivity index (χ0v) is 10.8. The molecule has 0 unspecified atom stereocenters. The van der Waals surface area contributed by atoms with Crippen molar-refractivity contribution in [3.63, 3.8) is 0 Å². The molecule has 0 saturated heterocycles. The zero-order valence-electron chi connectivity index (χ0n) is 9.95. The average Bonchev–Trinajstić information content (AvgIpc) is 2.29. The summed E-state index contributed by atoms with van der Waals surface area (Å²) in [6.45, 7) is 7.79. The van der Waals surface area contributed by atoms with Crippen LogP contribution >= 0.6 is 0 Å². The molecule has 1 N–H and O–H groups in total. The predicted octanol–water partition coefficient (Wildman–Crippen LogP) is 1.49. The molecule has 1 rings (SSSR count). The summed E-state index contributed by atoms with van der Waals surface area (Å²) in [7, 11) is -3.90. The van der Waals surface area contributed by atoms with Crippen molar-refractivity contribution in [2.45, 2.75) is 0 Å². The molecule has 5 nitrogen and oxygen atoms in total. The second-order valence-electron chi connectivity index (χ2n) is 3.42. The SMILES string of the molecule is C=CCN(CC=C)NS(=O)(=O)Oc1ccccc1. The van der Waals surface area contributed by atoms with E-state index in [0.29, 0.717) is 13.1 Å². The Bertz CT molecular complexity index is 475. The van der Waals surface area contributed by atoms with E-state index >= 15 is 0 Å². The first-order chi connectivity index (χ1) is 8.57. The van der Waals surface area contributed by atoms with Crippen molar-refractivity contribution in [3.8, 4) is 5.75 Å². The molecule has 0 saturated carbocycles. The molecular formula is C12H16N2O3S. The van der Waals surface area contributed by atoms with Crippen LogP contribution < -0.4 is 9.01 Å². The van der Waals surface area contributed by atoms with E-state index in [1.54, 1.807) is 42.5 Å². The third kappa shape index (κ3) is 5.13. The van der Waals surface area contributed by atoms with Crippen LogP contribution in [0.25, 0.3) is 0 Å². The van der Waals surface area contributed by atoms with Crippen LogP contribution in [-0.4, -0.2) is 26.5 Å². The number of para-hydroxylation sites is 1. The van der Waals surface area contributed by atoms with E-state index in [-0.39, 0.29) is 5.75 Å². The van der Waals surface area contributed by atoms with Gasteiger partial charge in [-0.25, -0.2) is 5.01 Å². The smallest absolute Gasteiger partial charge is 0.370 e. The van der Waals surface area contributed by atoms with Crippen LogP contribution in [0.5, 0.6) is 5.75 Å². The topological polar surface area (TPSA) is 58.6 Å². The maximum atomic E-state index is 11.7. The minimum atomic E-state index is -3.90. The number of hydrogen-bond acceptors (Lipinski definition) is 4. The van der Waals surface area contributed by atoms with Crippen LogP contribution in [0.15, 0.2) is 55.6 Å².